The molecule has 0 heterocycles. The first-order valence-electron chi connectivity index (χ1n) is 6.28. The lowest BCUT2D eigenvalue weighted by atomic mass is 9.72. The first kappa shape index (κ1) is 13.3. The second-order valence-electron chi connectivity index (χ2n) is 4.41. The number of halogens is 1. The van der Waals surface area contributed by atoms with Crippen molar-refractivity contribution in [1.82, 2.24) is 5.54 Å². The highest BCUT2D eigenvalue weighted by Gasteiger charge is 2.40. The number of nitrogens with one attached hydrogen (secondary N) is 1. The van der Waals surface area contributed by atoms with Gasteiger partial charge in [-0.15, -0.1) is 4.48 Å². The lowest BCUT2D eigenvalue weighted by molar-refractivity contribution is -0.129. The Morgan fingerprint density at radius 2 is 1.42 bits per heavy atom. The SMILES string of the molecule is CCC(C(=O)NF)(c1ccccc1)c1ccccc1. The van der Waals surface area contributed by atoms with Crippen LogP contribution in [0.4, 0.5) is 4.48 Å². The molecule has 0 fully saturated rings. The zero-order valence-corrected chi connectivity index (χ0v) is 10.8. The Bertz CT molecular complexity index is 500. The van der Waals surface area contributed by atoms with Gasteiger partial charge in [0.25, 0.3) is 5.91 Å². The van der Waals surface area contributed by atoms with Gasteiger partial charge in [-0.05, 0) is 17.5 Å². The Balaban J connectivity index is 2.66. The third-order valence-corrected chi connectivity index (χ3v) is 3.54. The van der Waals surface area contributed by atoms with Gasteiger partial charge in [-0.3, -0.25) is 4.79 Å². The van der Waals surface area contributed by atoms with E-state index < -0.39 is 11.3 Å². The average Bonchev–Trinajstić information content (AvgIpc) is 2.50. The molecule has 0 spiro atoms. The van der Waals surface area contributed by atoms with Crippen LogP contribution in [-0.4, -0.2) is 5.91 Å². The van der Waals surface area contributed by atoms with E-state index in [9.17, 15) is 9.28 Å². The monoisotopic (exact) mass is 257 g/mol. The van der Waals surface area contributed by atoms with Gasteiger partial charge in [0.05, 0.1) is 0 Å². The van der Waals surface area contributed by atoms with Crippen molar-refractivity contribution in [2.24, 2.45) is 0 Å². The highest BCUT2D eigenvalue weighted by molar-refractivity contribution is 5.91. The Kier molecular flexibility index (Phi) is 3.95. The molecule has 1 N–H and O–H groups in total. The number of hydrogen-bond acceptors (Lipinski definition) is 1. The summed E-state index contributed by atoms with van der Waals surface area (Å²) in [5.74, 6) is -0.632. The van der Waals surface area contributed by atoms with Gasteiger partial charge in [0.2, 0.25) is 0 Å². The predicted molar refractivity (Wildman–Crippen MR) is 73.2 cm³/mol. The van der Waals surface area contributed by atoms with Crippen molar-refractivity contribution in [3.8, 4) is 0 Å². The summed E-state index contributed by atoms with van der Waals surface area (Å²) in [6, 6.07) is 18.6. The summed E-state index contributed by atoms with van der Waals surface area (Å²) in [5.41, 5.74) is 1.91. The van der Waals surface area contributed by atoms with Gasteiger partial charge in [0.15, 0.2) is 0 Å². The molecule has 2 aromatic rings. The van der Waals surface area contributed by atoms with E-state index in [2.05, 4.69) is 0 Å². The van der Waals surface area contributed by atoms with E-state index in [1.54, 1.807) is 0 Å². The van der Waals surface area contributed by atoms with E-state index in [0.717, 1.165) is 11.1 Å². The molecule has 19 heavy (non-hydrogen) atoms. The van der Waals surface area contributed by atoms with Crippen molar-refractivity contribution < 1.29 is 9.28 Å². The van der Waals surface area contributed by atoms with E-state index >= 15 is 0 Å². The first-order chi connectivity index (χ1) is 9.25. The topological polar surface area (TPSA) is 29.1 Å². The van der Waals surface area contributed by atoms with Gasteiger partial charge in [-0.25, -0.2) is 0 Å². The summed E-state index contributed by atoms with van der Waals surface area (Å²) in [7, 11) is 0. The molecule has 0 atom stereocenters. The maximum absolute atomic E-state index is 12.8. The molecule has 1 amide bonds. The molecule has 0 unspecified atom stereocenters. The summed E-state index contributed by atoms with van der Waals surface area (Å²) in [5, 5.41) is 0. The van der Waals surface area contributed by atoms with E-state index in [1.807, 2.05) is 67.6 Å². The largest absolute Gasteiger partial charge is 0.271 e. The van der Waals surface area contributed by atoms with Crippen LogP contribution >= 0.6 is 0 Å². The van der Waals surface area contributed by atoms with E-state index in [0.29, 0.717) is 6.42 Å². The Labute approximate surface area is 112 Å². The van der Waals surface area contributed by atoms with E-state index in [1.165, 1.54) is 5.54 Å². The third kappa shape index (κ3) is 2.24. The predicted octanol–water partition coefficient (Wildman–Crippen LogP) is 3.38. The molecule has 0 aliphatic rings. The van der Waals surface area contributed by atoms with Crippen molar-refractivity contribution in [2.45, 2.75) is 18.8 Å². The van der Waals surface area contributed by atoms with Gasteiger partial charge < -0.3 is 0 Å². The molecule has 0 bridgehead atoms. The van der Waals surface area contributed by atoms with Crippen LogP contribution in [0.1, 0.15) is 24.5 Å². The van der Waals surface area contributed by atoms with Crippen LogP contribution in [0.3, 0.4) is 0 Å². The maximum atomic E-state index is 12.8. The van der Waals surface area contributed by atoms with Crippen molar-refractivity contribution in [1.29, 1.82) is 0 Å². The second-order valence-corrected chi connectivity index (χ2v) is 4.41. The number of rotatable bonds is 4. The molecule has 98 valence electrons. The first-order valence-corrected chi connectivity index (χ1v) is 6.28. The molecule has 0 aliphatic carbocycles. The second kappa shape index (κ2) is 5.65. The van der Waals surface area contributed by atoms with E-state index in [4.69, 9.17) is 0 Å². The van der Waals surface area contributed by atoms with Crippen LogP contribution in [0.2, 0.25) is 0 Å². The Hall–Kier alpha value is -2.16. The lowest BCUT2D eigenvalue weighted by Gasteiger charge is -2.31. The van der Waals surface area contributed by atoms with Crippen molar-refractivity contribution >= 4 is 5.91 Å². The molecule has 0 aliphatic heterocycles. The minimum absolute atomic E-state index is 0.483. The van der Waals surface area contributed by atoms with Crippen LogP contribution in [0, 0.1) is 0 Å². The fraction of sp³-hybridized carbons (Fsp3) is 0.188. The Morgan fingerprint density at radius 1 is 1.00 bits per heavy atom. The Morgan fingerprint density at radius 3 is 1.74 bits per heavy atom. The van der Waals surface area contributed by atoms with Gasteiger partial charge >= 0.3 is 0 Å². The van der Waals surface area contributed by atoms with Crippen molar-refractivity contribution in [3.63, 3.8) is 0 Å². The fourth-order valence-corrected chi connectivity index (χ4v) is 2.52. The summed E-state index contributed by atoms with van der Waals surface area (Å²) >= 11 is 0. The number of carbonyl (C=O) groups is 1. The van der Waals surface area contributed by atoms with Crippen LogP contribution in [-0.2, 0) is 10.2 Å². The molecule has 0 saturated heterocycles. The molecule has 0 radical (unpaired) electrons. The van der Waals surface area contributed by atoms with Crippen LogP contribution in [0.5, 0.6) is 0 Å². The molecular weight excluding hydrogens is 241 g/mol. The van der Waals surface area contributed by atoms with Gasteiger partial charge in [-0.2, -0.15) is 5.54 Å². The van der Waals surface area contributed by atoms with Gasteiger partial charge in [-0.1, -0.05) is 67.6 Å². The minimum atomic E-state index is -0.989. The normalized spacial score (nSPS) is 11.1. The standard InChI is InChI=1S/C16H16FNO/c1-2-16(15(19)18-17,13-9-5-3-6-10-13)14-11-7-4-8-12-14/h3-12H,2H2,1H3,(H,18,19). The van der Waals surface area contributed by atoms with Crippen molar-refractivity contribution in [2.75, 3.05) is 0 Å². The summed E-state index contributed by atoms with van der Waals surface area (Å²) in [6.45, 7) is 1.88. The zero-order chi connectivity index (χ0) is 13.7. The summed E-state index contributed by atoms with van der Waals surface area (Å²) in [6.07, 6.45) is 0.483. The van der Waals surface area contributed by atoms with Crippen molar-refractivity contribution in [3.05, 3.63) is 71.8 Å². The minimum Gasteiger partial charge on any atom is -0.271 e. The van der Waals surface area contributed by atoms with Gasteiger partial charge in [0, 0.05) is 0 Å². The van der Waals surface area contributed by atoms with E-state index in [-0.39, 0.29) is 0 Å². The number of benzene rings is 2. The fourth-order valence-electron chi connectivity index (χ4n) is 2.52. The molecule has 0 aromatic heterocycles. The summed E-state index contributed by atoms with van der Waals surface area (Å²) in [4.78, 5) is 12.2. The number of carbonyl (C=O) groups excluding carboxylic acids is 1. The molecule has 3 heteroatoms. The lowest BCUT2D eigenvalue weighted by Crippen LogP contribution is -2.42. The quantitative estimate of drug-likeness (QED) is 0.836. The smallest absolute Gasteiger partial charge is 0.262 e. The molecular formula is C16H16FNO. The molecule has 2 nitrogen and oxygen atoms in total. The van der Waals surface area contributed by atoms with Crippen LogP contribution < -0.4 is 5.54 Å². The highest BCUT2D eigenvalue weighted by Crippen LogP contribution is 2.35. The maximum Gasteiger partial charge on any atom is 0.262 e. The van der Waals surface area contributed by atoms with Crippen LogP contribution in [0.15, 0.2) is 60.7 Å². The van der Waals surface area contributed by atoms with Crippen LogP contribution in [0.25, 0.3) is 0 Å². The zero-order valence-electron chi connectivity index (χ0n) is 10.8. The average molecular weight is 257 g/mol. The third-order valence-electron chi connectivity index (χ3n) is 3.54. The molecule has 2 aromatic carbocycles. The van der Waals surface area contributed by atoms with Gasteiger partial charge in [0.1, 0.15) is 5.41 Å². The molecule has 0 saturated carbocycles. The molecule has 2 rings (SSSR count). The number of amides is 1. The highest BCUT2D eigenvalue weighted by atomic mass is 19.2. The number of hydrogen-bond donors (Lipinski definition) is 1. The summed E-state index contributed by atoms with van der Waals surface area (Å²) < 4.78 is 12.8.